The first-order valence-electron chi connectivity index (χ1n) is 4.35. The summed E-state index contributed by atoms with van der Waals surface area (Å²) in [5.41, 5.74) is 0.546. The lowest BCUT2D eigenvalue weighted by atomic mass is 10.0. The Hall–Kier alpha value is -1.57. The van der Waals surface area contributed by atoms with E-state index in [0.29, 0.717) is 6.20 Å². The third-order valence-electron chi connectivity index (χ3n) is 2.05. The van der Waals surface area contributed by atoms with Crippen molar-refractivity contribution in [2.45, 2.75) is 19.1 Å². The summed E-state index contributed by atoms with van der Waals surface area (Å²) in [6, 6.07) is 0. The van der Waals surface area contributed by atoms with Gasteiger partial charge in [-0.3, -0.25) is 9.78 Å². The number of nitrogens with two attached hydrogens (primary N) is 1. The van der Waals surface area contributed by atoms with Crippen LogP contribution in [0.4, 0.5) is 22.0 Å². The minimum atomic E-state index is -5.06. The fraction of sp³-hybridized carbons (Fsp3) is 0.333. The zero-order chi connectivity index (χ0) is 13.2. The molecule has 94 valence electrons. The van der Waals surface area contributed by atoms with Gasteiger partial charge in [0.2, 0.25) is 0 Å². The van der Waals surface area contributed by atoms with E-state index in [-0.39, 0.29) is 6.29 Å². The fourth-order valence-corrected chi connectivity index (χ4v) is 1.38. The smallest absolute Gasteiger partial charge is 0.325 e. The molecule has 0 spiro atoms. The summed E-state index contributed by atoms with van der Waals surface area (Å²) in [4.78, 5) is 13.8. The van der Waals surface area contributed by atoms with Crippen LogP contribution in [-0.2, 0) is 12.7 Å². The van der Waals surface area contributed by atoms with Crippen molar-refractivity contribution in [2.75, 3.05) is 0 Å². The summed E-state index contributed by atoms with van der Waals surface area (Å²) < 4.78 is 63.1. The van der Waals surface area contributed by atoms with Crippen LogP contribution in [0.5, 0.6) is 0 Å². The van der Waals surface area contributed by atoms with E-state index in [0.717, 1.165) is 0 Å². The van der Waals surface area contributed by atoms with Crippen molar-refractivity contribution in [3.8, 4) is 0 Å². The highest BCUT2D eigenvalue weighted by molar-refractivity contribution is 5.78. The van der Waals surface area contributed by atoms with Crippen LogP contribution in [-0.4, -0.2) is 11.3 Å². The highest BCUT2D eigenvalue weighted by Crippen LogP contribution is 2.39. The van der Waals surface area contributed by atoms with Crippen molar-refractivity contribution in [1.82, 2.24) is 4.98 Å². The van der Waals surface area contributed by atoms with Gasteiger partial charge in [-0.2, -0.15) is 13.2 Å². The molecule has 17 heavy (non-hydrogen) atoms. The highest BCUT2D eigenvalue weighted by atomic mass is 19.4. The van der Waals surface area contributed by atoms with Gasteiger partial charge >= 0.3 is 6.18 Å². The Balaban J connectivity index is 3.65. The number of carbonyl (C=O) groups excluding carboxylic acids is 1. The quantitative estimate of drug-likeness (QED) is 0.665. The maximum atomic E-state index is 12.6. The number of pyridine rings is 1. The SMILES string of the molecule is NCc1ncc(C=O)c(C(F)(F)F)c1C(F)F. The molecule has 1 aromatic heterocycles. The van der Waals surface area contributed by atoms with Gasteiger partial charge in [0.1, 0.15) is 0 Å². The van der Waals surface area contributed by atoms with Gasteiger partial charge in [0.25, 0.3) is 6.43 Å². The molecule has 0 amide bonds. The molecule has 0 aromatic carbocycles. The molecule has 0 fully saturated rings. The predicted octanol–water partition coefficient (Wildman–Crippen LogP) is 2.31. The van der Waals surface area contributed by atoms with Gasteiger partial charge in [0, 0.05) is 18.3 Å². The van der Waals surface area contributed by atoms with Gasteiger partial charge in [-0.05, 0) is 0 Å². The van der Waals surface area contributed by atoms with Crippen LogP contribution in [0.3, 0.4) is 0 Å². The van der Waals surface area contributed by atoms with Crippen molar-refractivity contribution in [1.29, 1.82) is 0 Å². The van der Waals surface area contributed by atoms with E-state index >= 15 is 0 Å². The van der Waals surface area contributed by atoms with E-state index in [1.165, 1.54) is 0 Å². The molecule has 2 N–H and O–H groups in total. The van der Waals surface area contributed by atoms with E-state index in [1.54, 1.807) is 0 Å². The molecule has 0 bridgehead atoms. The number of halogens is 5. The first-order chi connectivity index (χ1) is 7.82. The first kappa shape index (κ1) is 13.5. The number of carbonyl (C=O) groups is 1. The average molecular weight is 254 g/mol. The summed E-state index contributed by atoms with van der Waals surface area (Å²) >= 11 is 0. The van der Waals surface area contributed by atoms with Crippen LogP contribution in [0.15, 0.2) is 6.20 Å². The van der Waals surface area contributed by atoms with Gasteiger partial charge < -0.3 is 5.73 Å². The molecule has 1 heterocycles. The topological polar surface area (TPSA) is 56.0 Å². The van der Waals surface area contributed by atoms with E-state index in [4.69, 9.17) is 5.73 Å². The van der Waals surface area contributed by atoms with Crippen molar-refractivity contribution < 1.29 is 26.7 Å². The van der Waals surface area contributed by atoms with Crippen molar-refractivity contribution in [3.63, 3.8) is 0 Å². The van der Waals surface area contributed by atoms with E-state index in [2.05, 4.69) is 4.98 Å². The summed E-state index contributed by atoms with van der Waals surface area (Å²) in [7, 11) is 0. The number of hydrogen-bond acceptors (Lipinski definition) is 3. The number of aldehydes is 1. The molecular formula is C9H7F5N2O. The van der Waals surface area contributed by atoms with E-state index in [9.17, 15) is 26.7 Å². The number of aromatic nitrogens is 1. The lowest BCUT2D eigenvalue weighted by Crippen LogP contribution is -2.18. The molecule has 3 nitrogen and oxygen atoms in total. The van der Waals surface area contributed by atoms with E-state index in [1.807, 2.05) is 0 Å². The van der Waals surface area contributed by atoms with Gasteiger partial charge in [0.15, 0.2) is 6.29 Å². The Labute approximate surface area is 92.4 Å². The lowest BCUT2D eigenvalue weighted by molar-refractivity contribution is -0.139. The predicted molar refractivity (Wildman–Crippen MR) is 47.5 cm³/mol. The maximum absolute atomic E-state index is 12.6. The van der Waals surface area contributed by atoms with Crippen LogP contribution in [0.1, 0.15) is 33.6 Å². The third kappa shape index (κ3) is 2.57. The largest absolute Gasteiger partial charge is 0.417 e. The standard InChI is InChI=1S/C9H7F5N2O/c10-8(11)6-5(1-15)16-2-4(3-17)7(6)9(12,13)14/h2-3,8H,1,15H2. The highest BCUT2D eigenvalue weighted by Gasteiger charge is 2.40. The molecule has 8 heteroatoms. The Morgan fingerprint density at radius 1 is 1.41 bits per heavy atom. The molecule has 0 unspecified atom stereocenters. The zero-order valence-electron chi connectivity index (χ0n) is 8.26. The Kier molecular flexibility index (Phi) is 3.76. The van der Waals surface area contributed by atoms with Crippen molar-refractivity contribution in [2.24, 2.45) is 5.73 Å². The average Bonchev–Trinajstić information content (AvgIpc) is 2.25. The molecule has 0 aliphatic rings. The molecule has 0 aliphatic heterocycles. The molecule has 0 aliphatic carbocycles. The molecule has 0 atom stereocenters. The zero-order valence-corrected chi connectivity index (χ0v) is 8.26. The minimum absolute atomic E-state index is 0.165. The molecular weight excluding hydrogens is 247 g/mol. The second-order valence-electron chi connectivity index (χ2n) is 3.07. The van der Waals surface area contributed by atoms with Gasteiger partial charge in [0.05, 0.1) is 16.8 Å². The van der Waals surface area contributed by atoms with Crippen molar-refractivity contribution in [3.05, 3.63) is 28.6 Å². The van der Waals surface area contributed by atoms with Gasteiger partial charge in [-0.25, -0.2) is 8.78 Å². The number of nitrogens with zero attached hydrogens (tertiary/aromatic N) is 1. The summed E-state index contributed by atoms with van der Waals surface area (Å²) in [6.45, 7) is -0.568. The van der Waals surface area contributed by atoms with Crippen LogP contribution in [0.25, 0.3) is 0 Å². The van der Waals surface area contributed by atoms with Crippen LogP contribution < -0.4 is 5.73 Å². The number of alkyl halides is 5. The maximum Gasteiger partial charge on any atom is 0.417 e. The molecule has 0 saturated carbocycles. The summed E-state index contributed by atoms with van der Waals surface area (Å²) in [6.07, 6.45) is -8.04. The first-order valence-corrected chi connectivity index (χ1v) is 4.35. The monoisotopic (exact) mass is 254 g/mol. The Morgan fingerprint density at radius 3 is 2.35 bits per heavy atom. The molecule has 1 rings (SSSR count). The number of rotatable bonds is 3. The second kappa shape index (κ2) is 4.74. The normalized spacial score (nSPS) is 11.9. The third-order valence-corrected chi connectivity index (χ3v) is 2.05. The molecule has 0 radical (unpaired) electrons. The van der Waals surface area contributed by atoms with Gasteiger partial charge in [-0.1, -0.05) is 0 Å². The molecule has 0 saturated heterocycles. The Morgan fingerprint density at radius 2 is 2.00 bits per heavy atom. The van der Waals surface area contributed by atoms with E-state index < -0.39 is 41.5 Å². The lowest BCUT2D eigenvalue weighted by Gasteiger charge is -2.16. The van der Waals surface area contributed by atoms with Crippen LogP contribution >= 0.6 is 0 Å². The number of hydrogen-bond donors (Lipinski definition) is 1. The summed E-state index contributed by atoms with van der Waals surface area (Å²) in [5, 5.41) is 0. The van der Waals surface area contributed by atoms with Gasteiger partial charge in [-0.15, -0.1) is 0 Å². The fourth-order valence-electron chi connectivity index (χ4n) is 1.38. The molecule has 1 aromatic rings. The second-order valence-corrected chi connectivity index (χ2v) is 3.07. The van der Waals surface area contributed by atoms with Crippen molar-refractivity contribution >= 4 is 6.29 Å². The summed E-state index contributed by atoms with van der Waals surface area (Å²) in [5.74, 6) is 0. The van der Waals surface area contributed by atoms with Crippen LogP contribution in [0, 0.1) is 0 Å². The minimum Gasteiger partial charge on any atom is -0.325 e. The van der Waals surface area contributed by atoms with Crippen LogP contribution in [0.2, 0.25) is 0 Å². The Bertz CT molecular complexity index is 430.